The van der Waals surface area contributed by atoms with Gasteiger partial charge in [-0.1, -0.05) is 23.7 Å². The second kappa shape index (κ2) is 7.20. The topological polar surface area (TPSA) is 32.8 Å². The molecule has 2 aromatic carbocycles. The third-order valence-corrected chi connectivity index (χ3v) is 5.47. The minimum Gasteiger partial charge on any atom is -0.492 e. The van der Waals surface area contributed by atoms with Crippen molar-refractivity contribution in [1.29, 1.82) is 0 Å². The molecule has 4 nitrogen and oxygen atoms in total. The minimum absolute atomic E-state index is 0.119. The molecule has 0 unspecified atom stereocenters. The van der Waals surface area contributed by atoms with Gasteiger partial charge in [-0.2, -0.15) is 0 Å². The molecule has 5 heteroatoms. The highest BCUT2D eigenvalue weighted by molar-refractivity contribution is 6.30. The molecule has 0 saturated carbocycles. The van der Waals surface area contributed by atoms with Gasteiger partial charge >= 0.3 is 0 Å². The third-order valence-electron chi connectivity index (χ3n) is 5.24. The van der Waals surface area contributed by atoms with Crippen molar-refractivity contribution in [3.63, 3.8) is 0 Å². The highest BCUT2D eigenvalue weighted by Gasteiger charge is 2.31. The van der Waals surface area contributed by atoms with Crippen LogP contribution in [0.25, 0.3) is 0 Å². The van der Waals surface area contributed by atoms with Crippen LogP contribution in [-0.2, 0) is 11.2 Å². The van der Waals surface area contributed by atoms with Crippen molar-refractivity contribution >= 4 is 23.2 Å². The van der Waals surface area contributed by atoms with E-state index < -0.39 is 0 Å². The van der Waals surface area contributed by atoms with Gasteiger partial charge in [-0.05, 0) is 54.8 Å². The van der Waals surface area contributed by atoms with E-state index in [0.29, 0.717) is 18.1 Å². The van der Waals surface area contributed by atoms with Gasteiger partial charge in [-0.25, -0.2) is 0 Å². The Morgan fingerprint density at radius 1 is 1.12 bits per heavy atom. The zero-order chi connectivity index (χ0) is 18.1. The molecule has 0 bridgehead atoms. The number of rotatable bonds is 2. The zero-order valence-corrected chi connectivity index (χ0v) is 15.7. The smallest absolute Gasteiger partial charge is 0.229 e. The molecule has 1 fully saturated rings. The van der Waals surface area contributed by atoms with Crippen LogP contribution in [0.3, 0.4) is 0 Å². The number of hydrogen-bond acceptors (Lipinski definition) is 3. The molecular weight excluding hydrogens is 348 g/mol. The molecule has 2 heterocycles. The highest BCUT2D eigenvalue weighted by atomic mass is 35.5. The molecule has 0 radical (unpaired) electrons. The maximum absolute atomic E-state index is 12.9. The molecular formula is C21H23ClN2O2. The number of aryl methyl sites for hydroxylation is 1. The van der Waals surface area contributed by atoms with Crippen LogP contribution >= 0.6 is 11.6 Å². The number of halogens is 1. The van der Waals surface area contributed by atoms with Crippen molar-refractivity contribution < 1.29 is 9.53 Å². The van der Waals surface area contributed by atoms with E-state index in [9.17, 15) is 4.79 Å². The lowest BCUT2D eigenvalue weighted by molar-refractivity contribution is -0.137. The van der Waals surface area contributed by atoms with Crippen molar-refractivity contribution in [3.8, 4) is 5.75 Å². The molecule has 0 N–H and O–H groups in total. The normalized spacial score (nSPS) is 19.7. The van der Waals surface area contributed by atoms with Crippen LogP contribution in [0.4, 0.5) is 5.69 Å². The number of hydrogen-bond donors (Lipinski definition) is 0. The Morgan fingerprint density at radius 2 is 1.92 bits per heavy atom. The van der Waals surface area contributed by atoms with Crippen molar-refractivity contribution in [2.75, 3.05) is 37.7 Å². The van der Waals surface area contributed by atoms with Crippen LogP contribution in [0, 0.1) is 12.8 Å². The predicted octanol–water partition coefficient (Wildman–Crippen LogP) is 3.55. The predicted molar refractivity (Wildman–Crippen MR) is 104 cm³/mol. The van der Waals surface area contributed by atoms with E-state index in [4.69, 9.17) is 16.3 Å². The van der Waals surface area contributed by atoms with Crippen molar-refractivity contribution in [2.24, 2.45) is 5.92 Å². The monoisotopic (exact) mass is 370 g/mol. The molecule has 26 heavy (non-hydrogen) atoms. The van der Waals surface area contributed by atoms with Gasteiger partial charge in [0.15, 0.2) is 0 Å². The molecule has 1 saturated heterocycles. The van der Waals surface area contributed by atoms with Crippen LogP contribution in [-0.4, -0.2) is 43.6 Å². The summed E-state index contributed by atoms with van der Waals surface area (Å²) in [5.41, 5.74) is 3.53. The van der Waals surface area contributed by atoms with Crippen molar-refractivity contribution in [1.82, 2.24) is 4.90 Å². The maximum atomic E-state index is 12.9. The molecule has 0 aromatic heterocycles. The maximum Gasteiger partial charge on any atom is 0.229 e. The van der Waals surface area contributed by atoms with Gasteiger partial charge in [0.1, 0.15) is 12.4 Å². The summed E-state index contributed by atoms with van der Waals surface area (Å²) in [5.74, 6) is 0.925. The summed E-state index contributed by atoms with van der Waals surface area (Å²) < 4.78 is 5.79. The molecule has 0 spiro atoms. The quantitative estimate of drug-likeness (QED) is 0.810. The summed E-state index contributed by atoms with van der Waals surface area (Å²) in [6, 6.07) is 14.2. The number of anilines is 1. The first-order chi connectivity index (χ1) is 12.6. The van der Waals surface area contributed by atoms with Gasteiger partial charge in [0.25, 0.3) is 0 Å². The molecule has 1 amide bonds. The first kappa shape index (κ1) is 17.2. The Morgan fingerprint density at radius 3 is 2.69 bits per heavy atom. The van der Waals surface area contributed by atoms with Crippen LogP contribution in [0.2, 0.25) is 5.02 Å². The van der Waals surface area contributed by atoms with E-state index in [1.807, 2.05) is 23.1 Å². The largest absolute Gasteiger partial charge is 0.492 e. The van der Waals surface area contributed by atoms with Crippen LogP contribution < -0.4 is 9.64 Å². The number of carbonyl (C=O) groups excluding carboxylic acids is 1. The fourth-order valence-corrected chi connectivity index (χ4v) is 3.98. The molecule has 4 rings (SSSR count). The van der Waals surface area contributed by atoms with Crippen LogP contribution in [0.15, 0.2) is 42.5 Å². The molecule has 1 atom stereocenters. The molecule has 2 aliphatic rings. The zero-order valence-electron chi connectivity index (χ0n) is 15.0. The second-order valence-corrected chi connectivity index (χ2v) is 7.55. The van der Waals surface area contributed by atoms with E-state index in [1.54, 1.807) is 0 Å². The van der Waals surface area contributed by atoms with Gasteiger partial charge in [0, 0.05) is 36.9 Å². The van der Waals surface area contributed by atoms with E-state index in [2.05, 4.69) is 36.1 Å². The molecule has 136 valence electrons. The van der Waals surface area contributed by atoms with Gasteiger partial charge in [-0.3, -0.25) is 4.79 Å². The Bertz CT molecular complexity index is 815. The molecule has 0 aliphatic carbocycles. The van der Waals surface area contributed by atoms with Crippen LogP contribution in [0.1, 0.15) is 11.1 Å². The van der Waals surface area contributed by atoms with E-state index >= 15 is 0 Å². The molecule has 2 aliphatic heterocycles. The first-order valence-electron chi connectivity index (χ1n) is 9.12. The first-order valence-corrected chi connectivity index (χ1v) is 9.49. The van der Waals surface area contributed by atoms with Gasteiger partial charge < -0.3 is 14.5 Å². The number of ether oxygens (including phenoxy) is 1. The average Bonchev–Trinajstić information content (AvgIpc) is 2.67. The standard InChI is InChI=1S/C21H23ClN2O2/c1-15-3-2-4-19(11-15)23-7-9-24(10-8-23)21(25)17-12-16-13-18(22)5-6-20(16)26-14-17/h2-6,11,13,17H,7-10,12,14H2,1H3/t17-/m1/s1. The fourth-order valence-electron chi connectivity index (χ4n) is 3.79. The van der Waals surface area contributed by atoms with Crippen molar-refractivity contribution in [2.45, 2.75) is 13.3 Å². The third kappa shape index (κ3) is 3.51. The second-order valence-electron chi connectivity index (χ2n) is 7.12. The van der Waals surface area contributed by atoms with E-state index in [0.717, 1.165) is 37.5 Å². The Balaban J connectivity index is 1.38. The number of carbonyl (C=O) groups is 1. The average molecular weight is 371 g/mol. The summed E-state index contributed by atoms with van der Waals surface area (Å²) >= 11 is 6.08. The number of piperazine rings is 1. The van der Waals surface area contributed by atoms with Gasteiger partial charge in [0.05, 0.1) is 5.92 Å². The lowest BCUT2D eigenvalue weighted by Crippen LogP contribution is -2.51. The van der Waals surface area contributed by atoms with Gasteiger partial charge in [0.2, 0.25) is 5.91 Å². The molecule has 2 aromatic rings. The summed E-state index contributed by atoms with van der Waals surface area (Å²) in [6.07, 6.45) is 0.701. The summed E-state index contributed by atoms with van der Waals surface area (Å²) in [5, 5.41) is 0.687. The summed E-state index contributed by atoms with van der Waals surface area (Å²) in [7, 11) is 0. The lowest BCUT2D eigenvalue weighted by Gasteiger charge is -2.38. The number of fused-ring (bicyclic) bond motifs is 1. The van der Waals surface area contributed by atoms with Crippen LogP contribution in [0.5, 0.6) is 5.75 Å². The lowest BCUT2D eigenvalue weighted by atomic mass is 9.95. The fraction of sp³-hybridized carbons (Fsp3) is 0.381. The SMILES string of the molecule is Cc1cccc(N2CCN(C(=O)[C@H]3COc4ccc(Cl)cc4C3)CC2)c1. The van der Waals surface area contributed by atoms with Gasteiger partial charge in [-0.15, -0.1) is 0 Å². The van der Waals surface area contributed by atoms with Crippen molar-refractivity contribution in [3.05, 3.63) is 58.6 Å². The Hall–Kier alpha value is -2.20. The Kier molecular flexibility index (Phi) is 4.77. The minimum atomic E-state index is -0.119. The number of amides is 1. The number of nitrogens with zero attached hydrogens (tertiary/aromatic N) is 2. The summed E-state index contributed by atoms with van der Waals surface area (Å²) in [6.45, 7) is 5.80. The number of benzene rings is 2. The summed E-state index contributed by atoms with van der Waals surface area (Å²) in [4.78, 5) is 17.3. The van der Waals surface area contributed by atoms with E-state index in [-0.39, 0.29) is 11.8 Å². The Labute approximate surface area is 159 Å². The van der Waals surface area contributed by atoms with E-state index in [1.165, 1.54) is 11.3 Å². The highest BCUT2D eigenvalue weighted by Crippen LogP contribution is 2.30.